The van der Waals surface area contributed by atoms with Crippen molar-refractivity contribution in [1.82, 2.24) is 5.32 Å². The molecule has 0 aliphatic rings. The van der Waals surface area contributed by atoms with Crippen LogP contribution in [-0.2, 0) is 22.4 Å². The van der Waals surface area contributed by atoms with E-state index in [0.29, 0.717) is 23.0 Å². The molecule has 2 amide bonds. The van der Waals surface area contributed by atoms with Gasteiger partial charge in [0.2, 0.25) is 11.8 Å². The first-order chi connectivity index (χ1) is 12.4. The number of nitrogens with one attached hydrogen (secondary N) is 1. The first kappa shape index (κ1) is 20.3. The van der Waals surface area contributed by atoms with Crippen LogP contribution in [0.4, 0.5) is 5.69 Å². The highest BCUT2D eigenvalue weighted by Crippen LogP contribution is 2.22. The van der Waals surface area contributed by atoms with E-state index in [2.05, 4.69) is 5.32 Å². The molecule has 0 atom stereocenters. The van der Waals surface area contributed by atoms with Crippen molar-refractivity contribution in [1.29, 1.82) is 0 Å². The fraction of sp³-hybridized carbons (Fsp3) is 0.300. The molecule has 4 nitrogen and oxygen atoms in total. The van der Waals surface area contributed by atoms with Crippen LogP contribution in [0.3, 0.4) is 0 Å². The number of aryl methyl sites for hydroxylation is 1. The summed E-state index contributed by atoms with van der Waals surface area (Å²) < 4.78 is 0. The molecule has 2 aromatic carbocycles. The third-order valence-corrected chi connectivity index (χ3v) is 4.66. The fourth-order valence-corrected chi connectivity index (χ4v) is 3.20. The van der Waals surface area contributed by atoms with Crippen LogP contribution < -0.4 is 10.2 Å². The van der Waals surface area contributed by atoms with Crippen molar-refractivity contribution in [3.05, 3.63) is 63.6 Å². The molecule has 0 saturated heterocycles. The average Bonchev–Trinajstić information content (AvgIpc) is 2.61. The molecule has 2 rings (SSSR count). The molecule has 0 aliphatic carbocycles. The maximum Gasteiger partial charge on any atom is 0.240 e. The summed E-state index contributed by atoms with van der Waals surface area (Å²) in [7, 11) is 0. The van der Waals surface area contributed by atoms with Gasteiger partial charge in [0, 0.05) is 29.2 Å². The Morgan fingerprint density at radius 3 is 2.46 bits per heavy atom. The number of rotatable bonds is 7. The van der Waals surface area contributed by atoms with Crippen LogP contribution in [0.25, 0.3) is 0 Å². The van der Waals surface area contributed by atoms with Gasteiger partial charge in [-0.25, -0.2) is 0 Å². The maximum absolute atomic E-state index is 12.3. The second-order valence-electron chi connectivity index (χ2n) is 5.92. The number of hydrogen-bond donors (Lipinski definition) is 1. The predicted octanol–water partition coefficient (Wildman–Crippen LogP) is 4.27. The summed E-state index contributed by atoms with van der Waals surface area (Å²) in [6, 6.07) is 12.9. The number of carbonyl (C=O) groups is 2. The molecule has 138 valence electrons. The van der Waals surface area contributed by atoms with Crippen LogP contribution in [0.5, 0.6) is 0 Å². The minimum absolute atomic E-state index is 0.0132. The predicted molar refractivity (Wildman–Crippen MR) is 107 cm³/mol. The van der Waals surface area contributed by atoms with E-state index < -0.39 is 0 Å². The minimum Gasteiger partial charge on any atom is -0.354 e. The van der Waals surface area contributed by atoms with Gasteiger partial charge in [-0.3, -0.25) is 9.59 Å². The zero-order valence-corrected chi connectivity index (χ0v) is 16.4. The first-order valence-electron chi connectivity index (χ1n) is 8.49. The number of hydrogen-bond acceptors (Lipinski definition) is 2. The summed E-state index contributed by atoms with van der Waals surface area (Å²) in [5.74, 6) is -0.377. The van der Waals surface area contributed by atoms with Gasteiger partial charge in [0.15, 0.2) is 0 Å². The molecule has 1 N–H and O–H groups in total. The highest BCUT2D eigenvalue weighted by atomic mass is 35.5. The molecule has 0 saturated carbocycles. The Labute approximate surface area is 164 Å². The summed E-state index contributed by atoms with van der Waals surface area (Å²) in [6.07, 6.45) is 1.38. The first-order valence-corrected chi connectivity index (χ1v) is 9.24. The third kappa shape index (κ3) is 5.48. The largest absolute Gasteiger partial charge is 0.354 e. The van der Waals surface area contributed by atoms with E-state index >= 15 is 0 Å². The van der Waals surface area contributed by atoms with Crippen LogP contribution in [0.2, 0.25) is 10.0 Å². The number of benzene rings is 2. The van der Waals surface area contributed by atoms with E-state index in [1.54, 1.807) is 12.1 Å². The van der Waals surface area contributed by atoms with E-state index in [-0.39, 0.29) is 18.4 Å². The maximum atomic E-state index is 12.3. The summed E-state index contributed by atoms with van der Waals surface area (Å²) in [4.78, 5) is 25.8. The van der Waals surface area contributed by atoms with Gasteiger partial charge in [-0.05, 0) is 42.2 Å². The van der Waals surface area contributed by atoms with E-state index in [0.717, 1.165) is 23.2 Å². The Morgan fingerprint density at radius 1 is 1.08 bits per heavy atom. The Kier molecular flexibility index (Phi) is 7.49. The lowest BCUT2D eigenvalue weighted by Gasteiger charge is -2.23. The van der Waals surface area contributed by atoms with Crippen LogP contribution in [0.15, 0.2) is 42.5 Å². The number of para-hydroxylation sites is 1. The normalized spacial score (nSPS) is 10.5. The van der Waals surface area contributed by atoms with Crippen molar-refractivity contribution < 1.29 is 9.59 Å². The molecular formula is C20H22Cl2N2O2. The van der Waals surface area contributed by atoms with Crippen LogP contribution in [-0.4, -0.2) is 24.9 Å². The highest BCUT2D eigenvalue weighted by molar-refractivity contribution is 6.35. The summed E-state index contributed by atoms with van der Waals surface area (Å²) in [6.45, 7) is 3.91. The van der Waals surface area contributed by atoms with Crippen LogP contribution >= 0.6 is 23.2 Å². The standard InChI is InChI=1S/C20H22Cl2N2O2/c1-3-15-6-4-5-7-19(15)24(14(2)25)13-20(26)23-11-10-16-8-9-17(21)12-18(16)22/h4-9,12H,3,10-11,13H2,1-2H3,(H,23,26). The van der Waals surface area contributed by atoms with Crippen molar-refractivity contribution in [3.63, 3.8) is 0 Å². The minimum atomic E-state index is -0.212. The lowest BCUT2D eigenvalue weighted by atomic mass is 10.1. The molecule has 0 aromatic heterocycles. The van der Waals surface area contributed by atoms with E-state index in [1.807, 2.05) is 37.3 Å². The smallest absolute Gasteiger partial charge is 0.240 e. The molecule has 0 spiro atoms. The Morgan fingerprint density at radius 2 is 1.81 bits per heavy atom. The fourth-order valence-electron chi connectivity index (χ4n) is 2.70. The van der Waals surface area contributed by atoms with Gasteiger partial charge in [-0.1, -0.05) is 54.4 Å². The van der Waals surface area contributed by atoms with Gasteiger partial charge in [0.05, 0.1) is 0 Å². The van der Waals surface area contributed by atoms with Gasteiger partial charge >= 0.3 is 0 Å². The lowest BCUT2D eigenvalue weighted by Crippen LogP contribution is -2.40. The van der Waals surface area contributed by atoms with Crippen LogP contribution in [0, 0.1) is 0 Å². The molecule has 0 bridgehead atoms. The number of nitrogens with zero attached hydrogens (tertiary/aromatic N) is 1. The van der Waals surface area contributed by atoms with Crippen molar-refractivity contribution in [2.45, 2.75) is 26.7 Å². The lowest BCUT2D eigenvalue weighted by molar-refractivity contribution is -0.123. The van der Waals surface area contributed by atoms with E-state index in [9.17, 15) is 9.59 Å². The molecular weight excluding hydrogens is 371 g/mol. The third-order valence-electron chi connectivity index (χ3n) is 4.08. The monoisotopic (exact) mass is 392 g/mol. The van der Waals surface area contributed by atoms with E-state index in [4.69, 9.17) is 23.2 Å². The highest BCUT2D eigenvalue weighted by Gasteiger charge is 2.17. The molecule has 0 heterocycles. The number of carbonyl (C=O) groups excluding carboxylic acids is 2. The molecule has 0 unspecified atom stereocenters. The Bertz CT molecular complexity index is 793. The Hall–Kier alpha value is -2.04. The molecule has 26 heavy (non-hydrogen) atoms. The van der Waals surface area contributed by atoms with E-state index in [1.165, 1.54) is 11.8 Å². The molecule has 6 heteroatoms. The molecule has 0 aliphatic heterocycles. The number of amides is 2. The quantitative estimate of drug-likeness (QED) is 0.764. The second kappa shape index (κ2) is 9.60. The molecule has 0 fully saturated rings. The zero-order valence-electron chi connectivity index (χ0n) is 14.9. The van der Waals surface area contributed by atoms with Crippen molar-refractivity contribution in [3.8, 4) is 0 Å². The summed E-state index contributed by atoms with van der Waals surface area (Å²) in [5, 5.41) is 4.00. The van der Waals surface area contributed by atoms with Gasteiger partial charge in [-0.2, -0.15) is 0 Å². The number of anilines is 1. The molecule has 0 radical (unpaired) electrons. The second-order valence-corrected chi connectivity index (χ2v) is 6.77. The van der Waals surface area contributed by atoms with Crippen molar-refractivity contribution >= 4 is 40.7 Å². The van der Waals surface area contributed by atoms with Gasteiger partial charge < -0.3 is 10.2 Å². The summed E-state index contributed by atoms with van der Waals surface area (Å²) >= 11 is 12.0. The van der Waals surface area contributed by atoms with Gasteiger partial charge in [-0.15, -0.1) is 0 Å². The van der Waals surface area contributed by atoms with Gasteiger partial charge in [0.25, 0.3) is 0 Å². The Balaban J connectivity index is 1.97. The topological polar surface area (TPSA) is 49.4 Å². The van der Waals surface area contributed by atoms with Gasteiger partial charge in [0.1, 0.15) is 6.54 Å². The van der Waals surface area contributed by atoms with Crippen molar-refractivity contribution in [2.24, 2.45) is 0 Å². The number of halogens is 2. The van der Waals surface area contributed by atoms with Crippen LogP contribution in [0.1, 0.15) is 25.0 Å². The SMILES string of the molecule is CCc1ccccc1N(CC(=O)NCCc1ccc(Cl)cc1Cl)C(C)=O. The average molecular weight is 393 g/mol. The zero-order chi connectivity index (χ0) is 19.1. The molecule has 2 aromatic rings. The summed E-state index contributed by atoms with van der Waals surface area (Å²) in [5.41, 5.74) is 2.72. The van der Waals surface area contributed by atoms with Crippen molar-refractivity contribution in [2.75, 3.05) is 18.0 Å².